The van der Waals surface area contributed by atoms with Crippen molar-refractivity contribution in [2.24, 2.45) is 5.92 Å². The van der Waals surface area contributed by atoms with E-state index in [0.29, 0.717) is 30.2 Å². The van der Waals surface area contributed by atoms with Gasteiger partial charge in [-0.2, -0.15) is 0 Å². The number of anilines is 1. The Morgan fingerprint density at radius 3 is 2.57 bits per heavy atom. The molecule has 37 heavy (non-hydrogen) atoms. The SMILES string of the molecule is COc1c(N2CCC(C)C2)c(F)cc2c(=O)c(C(=O)O)cn(Cc3ccc(-c4ccc(C)cn4)cc3)c12. The van der Waals surface area contributed by atoms with Crippen molar-refractivity contribution < 1.29 is 19.0 Å². The van der Waals surface area contributed by atoms with Crippen LogP contribution in [0.4, 0.5) is 10.1 Å². The summed E-state index contributed by atoms with van der Waals surface area (Å²) in [5.41, 5.74) is 3.27. The molecule has 0 radical (unpaired) electrons. The van der Waals surface area contributed by atoms with E-state index in [2.05, 4.69) is 11.9 Å². The molecule has 0 aliphatic carbocycles. The van der Waals surface area contributed by atoms with Gasteiger partial charge in [-0.3, -0.25) is 9.78 Å². The molecule has 2 aromatic carbocycles. The summed E-state index contributed by atoms with van der Waals surface area (Å²) in [7, 11) is 1.44. The van der Waals surface area contributed by atoms with Gasteiger partial charge in [-0.1, -0.05) is 37.3 Å². The Bertz CT molecular complexity index is 1550. The van der Waals surface area contributed by atoms with Crippen LogP contribution in [-0.2, 0) is 6.54 Å². The molecule has 190 valence electrons. The normalized spacial score (nSPS) is 15.4. The molecule has 0 bridgehead atoms. The van der Waals surface area contributed by atoms with Crippen LogP contribution in [0.3, 0.4) is 0 Å². The van der Waals surface area contributed by atoms with Crippen molar-refractivity contribution in [1.29, 1.82) is 0 Å². The minimum absolute atomic E-state index is 0.0225. The molecule has 3 heterocycles. The summed E-state index contributed by atoms with van der Waals surface area (Å²) in [4.78, 5) is 31.4. The molecular formula is C29H28FN3O4. The lowest BCUT2D eigenvalue weighted by Crippen LogP contribution is -2.24. The van der Waals surface area contributed by atoms with Gasteiger partial charge in [0.25, 0.3) is 0 Å². The monoisotopic (exact) mass is 501 g/mol. The lowest BCUT2D eigenvalue weighted by atomic mass is 10.1. The number of benzene rings is 2. The summed E-state index contributed by atoms with van der Waals surface area (Å²) in [6.45, 7) is 5.69. The van der Waals surface area contributed by atoms with Gasteiger partial charge in [-0.05, 0) is 42.5 Å². The van der Waals surface area contributed by atoms with Gasteiger partial charge in [-0.15, -0.1) is 0 Å². The Hall–Kier alpha value is -4.20. The fourth-order valence-corrected chi connectivity index (χ4v) is 5.01. The maximum absolute atomic E-state index is 15.4. The first-order chi connectivity index (χ1) is 17.8. The van der Waals surface area contributed by atoms with Crippen LogP contribution in [0, 0.1) is 18.7 Å². The van der Waals surface area contributed by atoms with Gasteiger partial charge in [0.2, 0.25) is 5.43 Å². The van der Waals surface area contributed by atoms with Gasteiger partial charge in [0.15, 0.2) is 11.6 Å². The number of ether oxygens (including phenoxy) is 1. The molecule has 1 aliphatic heterocycles. The molecule has 0 saturated carbocycles. The van der Waals surface area contributed by atoms with E-state index in [0.717, 1.165) is 34.9 Å². The van der Waals surface area contributed by atoms with E-state index in [1.54, 1.807) is 4.57 Å². The van der Waals surface area contributed by atoms with Crippen LogP contribution in [0.15, 0.2) is 59.7 Å². The summed E-state index contributed by atoms with van der Waals surface area (Å²) in [6.07, 6.45) is 4.06. The molecule has 0 amide bonds. The molecule has 1 aliphatic rings. The molecule has 1 fully saturated rings. The van der Waals surface area contributed by atoms with E-state index in [9.17, 15) is 14.7 Å². The van der Waals surface area contributed by atoms with Crippen LogP contribution in [0.2, 0.25) is 0 Å². The van der Waals surface area contributed by atoms with E-state index in [1.165, 1.54) is 13.3 Å². The van der Waals surface area contributed by atoms with Gasteiger partial charge < -0.3 is 19.3 Å². The number of hydrogen-bond donors (Lipinski definition) is 1. The standard InChI is InChI=1S/C29H28FN3O4/c1-17-4-9-24(31-13-17)20-7-5-19(6-8-20)15-33-16-22(29(35)36)27(34)21-12-23(30)26(28(37-3)25(21)33)32-11-10-18(2)14-32/h4-9,12-13,16,18H,10-11,14-15H2,1-3H3,(H,35,36). The molecule has 1 saturated heterocycles. The van der Waals surface area contributed by atoms with Crippen LogP contribution in [0.5, 0.6) is 5.75 Å². The molecule has 1 N–H and O–H groups in total. The number of carboxylic acids is 1. The molecule has 5 rings (SSSR count). The minimum Gasteiger partial charge on any atom is -0.492 e. The molecule has 8 heteroatoms. The predicted octanol–water partition coefficient (Wildman–Crippen LogP) is 5.11. The first-order valence-corrected chi connectivity index (χ1v) is 12.2. The van der Waals surface area contributed by atoms with Gasteiger partial charge in [-0.25, -0.2) is 9.18 Å². The van der Waals surface area contributed by atoms with E-state index in [4.69, 9.17) is 4.74 Å². The second kappa shape index (κ2) is 9.69. The summed E-state index contributed by atoms with van der Waals surface area (Å²) >= 11 is 0. The molecular weight excluding hydrogens is 473 g/mol. The average Bonchev–Trinajstić information content (AvgIpc) is 3.31. The number of methoxy groups -OCH3 is 1. The van der Waals surface area contributed by atoms with Crippen LogP contribution < -0.4 is 15.1 Å². The first kappa shape index (κ1) is 24.5. The second-order valence-electron chi connectivity index (χ2n) is 9.70. The molecule has 1 atom stereocenters. The fraction of sp³-hybridized carbons (Fsp3) is 0.276. The van der Waals surface area contributed by atoms with Gasteiger partial charge in [0.05, 0.1) is 23.7 Å². The third-order valence-corrected chi connectivity index (χ3v) is 6.93. The van der Waals surface area contributed by atoms with E-state index >= 15 is 4.39 Å². The molecule has 1 unspecified atom stereocenters. The Kier molecular flexibility index (Phi) is 6.41. The number of hydrogen-bond acceptors (Lipinski definition) is 5. The van der Waals surface area contributed by atoms with Crippen molar-refractivity contribution in [3.63, 3.8) is 0 Å². The van der Waals surface area contributed by atoms with Crippen LogP contribution in [-0.4, -0.2) is 40.8 Å². The molecule has 4 aromatic rings. The van der Waals surface area contributed by atoms with Crippen molar-refractivity contribution in [1.82, 2.24) is 9.55 Å². The minimum atomic E-state index is -1.36. The molecule has 2 aromatic heterocycles. The average molecular weight is 502 g/mol. The third-order valence-electron chi connectivity index (χ3n) is 6.93. The second-order valence-corrected chi connectivity index (χ2v) is 9.70. The van der Waals surface area contributed by atoms with Crippen molar-refractivity contribution in [3.8, 4) is 17.0 Å². The lowest BCUT2D eigenvalue weighted by Gasteiger charge is -2.24. The number of carbonyl (C=O) groups is 1. The fourth-order valence-electron chi connectivity index (χ4n) is 5.01. The largest absolute Gasteiger partial charge is 0.492 e. The number of halogens is 1. The zero-order valence-electron chi connectivity index (χ0n) is 21.0. The number of carboxylic acid groups (broad SMARTS) is 1. The van der Waals surface area contributed by atoms with Gasteiger partial charge >= 0.3 is 5.97 Å². The summed E-state index contributed by atoms with van der Waals surface area (Å²) in [6, 6.07) is 12.9. The number of nitrogens with zero attached hydrogens (tertiary/aromatic N) is 3. The van der Waals surface area contributed by atoms with Crippen LogP contribution in [0.1, 0.15) is 34.8 Å². The van der Waals surface area contributed by atoms with Crippen LogP contribution >= 0.6 is 0 Å². The number of aromatic carboxylic acids is 1. The predicted molar refractivity (Wildman–Crippen MR) is 141 cm³/mol. The number of rotatable bonds is 6. The Morgan fingerprint density at radius 1 is 1.22 bits per heavy atom. The zero-order valence-corrected chi connectivity index (χ0v) is 21.0. The van der Waals surface area contributed by atoms with Gasteiger partial charge in [0.1, 0.15) is 11.3 Å². The van der Waals surface area contributed by atoms with Crippen molar-refractivity contribution >= 4 is 22.6 Å². The Morgan fingerprint density at radius 2 is 1.97 bits per heavy atom. The molecule has 0 spiro atoms. The van der Waals surface area contributed by atoms with E-state index in [1.807, 2.05) is 54.4 Å². The summed E-state index contributed by atoms with van der Waals surface area (Å²) in [5, 5.41) is 9.67. The number of pyridine rings is 2. The van der Waals surface area contributed by atoms with Crippen molar-refractivity contribution in [2.75, 3.05) is 25.1 Å². The highest BCUT2D eigenvalue weighted by Gasteiger charge is 2.29. The van der Waals surface area contributed by atoms with E-state index < -0.39 is 22.8 Å². The van der Waals surface area contributed by atoms with Gasteiger partial charge in [0, 0.05) is 37.6 Å². The maximum Gasteiger partial charge on any atom is 0.341 e. The zero-order chi connectivity index (χ0) is 26.3. The maximum atomic E-state index is 15.4. The number of aryl methyl sites for hydroxylation is 1. The number of fused-ring (bicyclic) bond motifs is 1. The highest BCUT2D eigenvalue weighted by molar-refractivity contribution is 5.97. The summed E-state index contributed by atoms with van der Waals surface area (Å²) in [5.74, 6) is -1.32. The number of aromatic nitrogens is 2. The van der Waals surface area contributed by atoms with Crippen molar-refractivity contribution in [3.05, 3.63) is 87.6 Å². The van der Waals surface area contributed by atoms with Crippen molar-refractivity contribution in [2.45, 2.75) is 26.8 Å². The highest BCUT2D eigenvalue weighted by atomic mass is 19.1. The quantitative estimate of drug-likeness (QED) is 0.395. The Labute approximate surface area is 213 Å². The smallest absolute Gasteiger partial charge is 0.341 e. The lowest BCUT2D eigenvalue weighted by molar-refractivity contribution is 0.0695. The highest BCUT2D eigenvalue weighted by Crippen LogP contribution is 2.40. The topological polar surface area (TPSA) is 84.7 Å². The first-order valence-electron chi connectivity index (χ1n) is 12.2. The Balaban J connectivity index is 1.64. The summed E-state index contributed by atoms with van der Waals surface area (Å²) < 4.78 is 22.8. The van der Waals surface area contributed by atoms with Crippen LogP contribution in [0.25, 0.3) is 22.2 Å². The third kappa shape index (κ3) is 4.55. The molecule has 7 nitrogen and oxygen atoms in total. The van der Waals surface area contributed by atoms with E-state index in [-0.39, 0.29) is 17.7 Å².